The van der Waals surface area contributed by atoms with Gasteiger partial charge in [-0.3, -0.25) is 9.59 Å². The molecule has 0 aliphatic carbocycles. The second-order valence-electron chi connectivity index (χ2n) is 5.96. The van der Waals surface area contributed by atoms with Gasteiger partial charge in [-0.1, -0.05) is 30.3 Å². The molecule has 0 saturated heterocycles. The predicted octanol–water partition coefficient (Wildman–Crippen LogP) is 3.21. The molecule has 0 fully saturated rings. The normalized spacial score (nSPS) is 16.8. The molecule has 3 rings (SSSR count). The van der Waals surface area contributed by atoms with Gasteiger partial charge < -0.3 is 14.7 Å². The fraction of sp³-hybridized carbons (Fsp3) is 0.263. The van der Waals surface area contributed by atoms with E-state index in [0.29, 0.717) is 24.3 Å². The molecule has 2 aromatic carbocycles. The smallest absolute Gasteiger partial charge is 0.305 e. The summed E-state index contributed by atoms with van der Waals surface area (Å²) in [5.74, 6) is -0.532. The fourth-order valence-corrected chi connectivity index (χ4v) is 3.39. The summed E-state index contributed by atoms with van der Waals surface area (Å²) in [6.07, 6.45) is 0.355. The SMILES string of the molecule is O=C(O)CCN1CC(Cc2ccccc2)Oc2ccc(I)cc2C1=O. The van der Waals surface area contributed by atoms with Gasteiger partial charge in [0.05, 0.1) is 18.5 Å². The highest BCUT2D eigenvalue weighted by Crippen LogP contribution is 2.28. The molecule has 0 radical (unpaired) electrons. The van der Waals surface area contributed by atoms with Gasteiger partial charge >= 0.3 is 5.97 Å². The van der Waals surface area contributed by atoms with Crippen LogP contribution >= 0.6 is 22.6 Å². The summed E-state index contributed by atoms with van der Waals surface area (Å²) >= 11 is 2.15. The third-order valence-electron chi connectivity index (χ3n) is 4.08. The van der Waals surface area contributed by atoms with Crippen molar-refractivity contribution in [2.24, 2.45) is 0 Å². The Balaban J connectivity index is 1.88. The van der Waals surface area contributed by atoms with E-state index >= 15 is 0 Å². The lowest BCUT2D eigenvalue weighted by Gasteiger charge is -2.23. The van der Waals surface area contributed by atoms with Crippen molar-refractivity contribution in [1.29, 1.82) is 0 Å². The van der Waals surface area contributed by atoms with Crippen LogP contribution < -0.4 is 4.74 Å². The second-order valence-corrected chi connectivity index (χ2v) is 7.21. The highest BCUT2D eigenvalue weighted by atomic mass is 127. The molecule has 0 aromatic heterocycles. The average Bonchev–Trinajstić information content (AvgIpc) is 2.71. The number of hydrogen-bond acceptors (Lipinski definition) is 3. The highest BCUT2D eigenvalue weighted by molar-refractivity contribution is 14.1. The fourth-order valence-electron chi connectivity index (χ4n) is 2.89. The summed E-state index contributed by atoms with van der Waals surface area (Å²) in [7, 11) is 0. The molecule has 0 saturated carbocycles. The standard InChI is InChI=1S/C19H18INO4/c20-14-6-7-17-16(11-14)19(24)21(9-8-18(22)23)12-15(25-17)10-13-4-2-1-3-5-13/h1-7,11,15H,8-10,12H2,(H,22,23). The summed E-state index contributed by atoms with van der Waals surface area (Å²) in [6, 6.07) is 15.4. The van der Waals surface area contributed by atoms with E-state index in [-0.39, 0.29) is 25.0 Å². The van der Waals surface area contributed by atoms with Gasteiger partial charge in [0.2, 0.25) is 0 Å². The molecular formula is C19H18INO4. The van der Waals surface area contributed by atoms with Gasteiger partial charge in [-0.05, 0) is 46.4 Å². The molecule has 0 bridgehead atoms. The molecule has 5 nitrogen and oxygen atoms in total. The van der Waals surface area contributed by atoms with Crippen molar-refractivity contribution in [3.63, 3.8) is 0 Å². The van der Waals surface area contributed by atoms with Crippen molar-refractivity contribution in [3.8, 4) is 5.75 Å². The Morgan fingerprint density at radius 3 is 2.72 bits per heavy atom. The minimum absolute atomic E-state index is 0.0803. The third-order valence-corrected chi connectivity index (χ3v) is 4.75. The lowest BCUT2D eigenvalue weighted by molar-refractivity contribution is -0.137. The van der Waals surface area contributed by atoms with Crippen molar-refractivity contribution in [2.75, 3.05) is 13.1 Å². The number of nitrogens with zero attached hydrogens (tertiary/aromatic N) is 1. The van der Waals surface area contributed by atoms with E-state index in [1.165, 1.54) is 0 Å². The maximum absolute atomic E-state index is 12.8. The van der Waals surface area contributed by atoms with Gasteiger partial charge in [0.15, 0.2) is 0 Å². The van der Waals surface area contributed by atoms with Crippen LogP contribution in [0.4, 0.5) is 0 Å². The molecule has 1 aliphatic rings. The van der Waals surface area contributed by atoms with E-state index in [2.05, 4.69) is 22.6 Å². The van der Waals surface area contributed by atoms with Crippen molar-refractivity contribution in [2.45, 2.75) is 18.9 Å². The third kappa shape index (κ3) is 4.50. The maximum atomic E-state index is 12.8. The van der Waals surface area contributed by atoms with Crippen molar-refractivity contribution in [1.82, 2.24) is 4.90 Å². The lowest BCUT2D eigenvalue weighted by atomic mass is 10.1. The summed E-state index contributed by atoms with van der Waals surface area (Å²) in [5.41, 5.74) is 1.61. The predicted molar refractivity (Wildman–Crippen MR) is 102 cm³/mol. The first-order valence-electron chi connectivity index (χ1n) is 8.04. The number of carbonyl (C=O) groups excluding carboxylic acids is 1. The Hall–Kier alpha value is -2.09. The Labute approximate surface area is 159 Å². The first-order chi connectivity index (χ1) is 12.0. The van der Waals surface area contributed by atoms with Crippen LogP contribution in [0.1, 0.15) is 22.3 Å². The van der Waals surface area contributed by atoms with Crippen LogP contribution in [0.25, 0.3) is 0 Å². The number of hydrogen-bond donors (Lipinski definition) is 1. The molecule has 130 valence electrons. The molecule has 6 heteroatoms. The topological polar surface area (TPSA) is 66.8 Å². The van der Waals surface area contributed by atoms with Crippen LogP contribution in [-0.2, 0) is 11.2 Å². The molecule has 25 heavy (non-hydrogen) atoms. The van der Waals surface area contributed by atoms with Crippen LogP contribution in [-0.4, -0.2) is 41.1 Å². The van der Waals surface area contributed by atoms with E-state index in [1.807, 2.05) is 42.5 Å². The van der Waals surface area contributed by atoms with Crippen molar-refractivity contribution >= 4 is 34.5 Å². The van der Waals surface area contributed by atoms with E-state index in [4.69, 9.17) is 9.84 Å². The molecule has 2 aromatic rings. The molecule has 1 amide bonds. The van der Waals surface area contributed by atoms with Crippen LogP contribution in [0.5, 0.6) is 5.75 Å². The summed E-state index contributed by atoms with van der Waals surface area (Å²) in [4.78, 5) is 25.4. The molecule has 1 aliphatic heterocycles. The molecule has 1 atom stereocenters. The molecule has 1 heterocycles. The van der Waals surface area contributed by atoms with Gasteiger partial charge in [0, 0.05) is 16.5 Å². The van der Waals surface area contributed by atoms with Crippen molar-refractivity contribution < 1.29 is 19.4 Å². The first-order valence-corrected chi connectivity index (χ1v) is 9.12. The summed E-state index contributed by atoms with van der Waals surface area (Å²) < 4.78 is 7.05. The molecule has 1 unspecified atom stereocenters. The number of carbonyl (C=O) groups is 2. The van der Waals surface area contributed by atoms with Crippen LogP contribution in [0.3, 0.4) is 0 Å². The number of amides is 1. The van der Waals surface area contributed by atoms with Gasteiger partial charge in [-0.2, -0.15) is 0 Å². The number of carboxylic acids is 1. The molecular weight excluding hydrogens is 433 g/mol. The maximum Gasteiger partial charge on any atom is 0.305 e. The number of fused-ring (bicyclic) bond motifs is 1. The number of aliphatic carboxylic acids is 1. The summed E-state index contributed by atoms with van der Waals surface area (Å²) in [6.45, 7) is 0.542. The zero-order chi connectivity index (χ0) is 17.8. The van der Waals surface area contributed by atoms with E-state index < -0.39 is 5.97 Å². The number of rotatable bonds is 5. The van der Waals surface area contributed by atoms with E-state index in [0.717, 1.165) is 9.13 Å². The Bertz CT molecular complexity index is 778. The number of halogens is 1. The zero-order valence-corrected chi connectivity index (χ0v) is 15.7. The number of ether oxygens (including phenoxy) is 1. The quantitative estimate of drug-likeness (QED) is 0.710. The summed E-state index contributed by atoms with van der Waals surface area (Å²) in [5, 5.41) is 8.97. The molecule has 0 spiro atoms. The Kier molecular flexibility index (Phi) is 5.57. The van der Waals surface area contributed by atoms with E-state index in [9.17, 15) is 9.59 Å². The van der Waals surface area contributed by atoms with Gasteiger partial charge in [0.25, 0.3) is 5.91 Å². The van der Waals surface area contributed by atoms with Crippen LogP contribution in [0.2, 0.25) is 0 Å². The minimum atomic E-state index is -0.916. The van der Waals surface area contributed by atoms with Crippen LogP contribution in [0.15, 0.2) is 48.5 Å². The average molecular weight is 451 g/mol. The largest absolute Gasteiger partial charge is 0.487 e. The van der Waals surface area contributed by atoms with Gasteiger partial charge in [0.1, 0.15) is 11.9 Å². The van der Waals surface area contributed by atoms with E-state index in [1.54, 1.807) is 11.0 Å². The zero-order valence-electron chi connectivity index (χ0n) is 13.5. The Morgan fingerprint density at radius 1 is 1.24 bits per heavy atom. The van der Waals surface area contributed by atoms with Gasteiger partial charge in [-0.25, -0.2) is 0 Å². The number of carboxylic acid groups (broad SMARTS) is 1. The first kappa shape index (κ1) is 17.7. The monoisotopic (exact) mass is 451 g/mol. The second kappa shape index (κ2) is 7.86. The highest BCUT2D eigenvalue weighted by Gasteiger charge is 2.29. The molecule has 1 N–H and O–H groups in total. The van der Waals surface area contributed by atoms with Crippen molar-refractivity contribution in [3.05, 3.63) is 63.2 Å². The van der Waals surface area contributed by atoms with Crippen LogP contribution in [0, 0.1) is 3.57 Å². The Morgan fingerprint density at radius 2 is 2.00 bits per heavy atom. The van der Waals surface area contributed by atoms with Gasteiger partial charge in [-0.15, -0.1) is 0 Å². The minimum Gasteiger partial charge on any atom is -0.487 e. The lowest BCUT2D eigenvalue weighted by Crippen LogP contribution is -2.39. The number of benzene rings is 2.